The lowest BCUT2D eigenvalue weighted by atomic mass is 10.2. The maximum absolute atomic E-state index is 5.56. The highest BCUT2D eigenvalue weighted by molar-refractivity contribution is 14.0. The molecule has 154 valence electrons. The van der Waals surface area contributed by atoms with Gasteiger partial charge in [-0.25, -0.2) is 15.0 Å². The van der Waals surface area contributed by atoms with Crippen LogP contribution < -0.4 is 10.6 Å². The number of guanidine groups is 1. The fraction of sp³-hybridized carbons (Fsp3) is 0.143. The summed E-state index contributed by atoms with van der Waals surface area (Å²) in [5.41, 5.74) is 2.80. The molecule has 1 aromatic carbocycles. The molecule has 0 aliphatic rings. The van der Waals surface area contributed by atoms with E-state index in [0.717, 1.165) is 22.6 Å². The summed E-state index contributed by atoms with van der Waals surface area (Å²) in [5.74, 6) is 2.11. The van der Waals surface area contributed by atoms with Crippen molar-refractivity contribution in [2.45, 2.75) is 13.1 Å². The minimum Gasteiger partial charge on any atom is -0.444 e. The molecule has 0 radical (unpaired) electrons. The van der Waals surface area contributed by atoms with Crippen molar-refractivity contribution >= 4 is 29.9 Å². The molecule has 0 amide bonds. The lowest BCUT2D eigenvalue weighted by Crippen LogP contribution is -2.36. The second kappa shape index (κ2) is 10.5. The molecule has 0 saturated heterocycles. The predicted molar refractivity (Wildman–Crippen MR) is 126 cm³/mol. The lowest BCUT2D eigenvalue weighted by molar-refractivity contribution is 0.572. The minimum absolute atomic E-state index is 0. The number of rotatable bonds is 6. The van der Waals surface area contributed by atoms with E-state index >= 15 is 0 Å². The Balaban J connectivity index is 0.00000256. The Morgan fingerprint density at radius 3 is 2.63 bits per heavy atom. The van der Waals surface area contributed by atoms with Gasteiger partial charge < -0.3 is 15.1 Å². The van der Waals surface area contributed by atoms with Crippen LogP contribution in [-0.4, -0.2) is 32.5 Å². The van der Waals surface area contributed by atoms with Crippen molar-refractivity contribution in [1.29, 1.82) is 0 Å². The van der Waals surface area contributed by atoms with Crippen molar-refractivity contribution in [3.63, 3.8) is 0 Å². The zero-order valence-electron chi connectivity index (χ0n) is 16.4. The van der Waals surface area contributed by atoms with Crippen molar-refractivity contribution < 1.29 is 4.42 Å². The number of imidazole rings is 1. The van der Waals surface area contributed by atoms with Crippen LogP contribution >= 0.6 is 24.0 Å². The van der Waals surface area contributed by atoms with Crippen LogP contribution in [0, 0.1) is 0 Å². The van der Waals surface area contributed by atoms with Gasteiger partial charge in [-0.05, 0) is 23.8 Å². The molecule has 0 aliphatic carbocycles. The first-order valence-electron chi connectivity index (χ1n) is 9.19. The van der Waals surface area contributed by atoms with Gasteiger partial charge in [-0.15, -0.1) is 24.0 Å². The largest absolute Gasteiger partial charge is 0.444 e. The Hall–Kier alpha value is -3.21. The second-order valence-electron chi connectivity index (χ2n) is 6.28. The fourth-order valence-electron chi connectivity index (χ4n) is 2.75. The van der Waals surface area contributed by atoms with Crippen LogP contribution in [0.2, 0.25) is 0 Å². The molecular weight excluding hydrogens is 493 g/mol. The summed E-state index contributed by atoms with van der Waals surface area (Å²) in [6.45, 7) is 1.11. The summed E-state index contributed by atoms with van der Waals surface area (Å²) in [6, 6.07) is 13.8. The third kappa shape index (κ3) is 5.44. The van der Waals surface area contributed by atoms with Crippen LogP contribution in [0.3, 0.4) is 0 Å². The van der Waals surface area contributed by atoms with E-state index < -0.39 is 0 Å². The van der Waals surface area contributed by atoms with Crippen molar-refractivity contribution in [2.75, 3.05) is 7.05 Å². The van der Waals surface area contributed by atoms with E-state index in [4.69, 9.17) is 4.42 Å². The molecule has 30 heavy (non-hydrogen) atoms. The van der Waals surface area contributed by atoms with Gasteiger partial charge in [0.05, 0.1) is 12.2 Å². The van der Waals surface area contributed by atoms with Gasteiger partial charge in [0.15, 0.2) is 5.96 Å². The number of hydrogen-bond donors (Lipinski definition) is 2. The Morgan fingerprint density at radius 1 is 1.10 bits per heavy atom. The molecule has 3 aromatic heterocycles. The summed E-state index contributed by atoms with van der Waals surface area (Å²) >= 11 is 0. The average molecular weight is 515 g/mol. The SMILES string of the molecule is CN=C(NCc1ccc(-n2ccnc2)nc1)NCc1coc(-c2ccccc2)n1.I. The first kappa shape index (κ1) is 21.5. The van der Waals surface area contributed by atoms with Gasteiger partial charge in [-0.3, -0.25) is 9.56 Å². The highest BCUT2D eigenvalue weighted by Gasteiger charge is 2.07. The molecule has 9 heteroatoms. The van der Waals surface area contributed by atoms with Crippen molar-refractivity contribution in [3.05, 3.63) is 84.9 Å². The minimum atomic E-state index is 0. The van der Waals surface area contributed by atoms with E-state index in [-0.39, 0.29) is 24.0 Å². The molecule has 0 unspecified atom stereocenters. The van der Waals surface area contributed by atoms with Gasteiger partial charge in [0.1, 0.15) is 18.4 Å². The highest BCUT2D eigenvalue weighted by Crippen LogP contribution is 2.17. The number of nitrogens with zero attached hydrogens (tertiary/aromatic N) is 5. The molecule has 0 aliphatic heterocycles. The molecule has 2 N–H and O–H groups in total. The Morgan fingerprint density at radius 2 is 1.93 bits per heavy atom. The maximum atomic E-state index is 5.56. The number of aliphatic imine (C=N–C) groups is 1. The summed E-state index contributed by atoms with van der Waals surface area (Å²) in [5, 5.41) is 6.51. The number of nitrogens with one attached hydrogen (secondary N) is 2. The number of hydrogen-bond acceptors (Lipinski definition) is 5. The highest BCUT2D eigenvalue weighted by atomic mass is 127. The topological polar surface area (TPSA) is 93.2 Å². The van der Waals surface area contributed by atoms with E-state index in [9.17, 15) is 0 Å². The van der Waals surface area contributed by atoms with Gasteiger partial charge in [-0.1, -0.05) is 24.3 Å². The molecule has 0 bridgehead atoms. The number of halogens is 1. The van der Waals surface area contributed by atoms with Gasteiger partial charge in [0.2, 0.25) is 5.89 Å². The molecule has 0 atom stereocenters. The van der Waals surface area contributed by atoms with Crippen LogP contribution in [0.15, 0.2) is 83.1 Å². The van der Waals surface area contributed by atoms with Gasteiger partial charge in [0, 0.05) is 37.7 Å². The molecule has 0 spiro atoms. The fourth-order valence-corrected chi connectivity index (χ4v) is 2.75. The number of oxazole rings is 1. The average Bonchev–Trinajstić information content (AvgIpc) is 3.47. The number of benzene rings is 1. The predicted octanol–water partition coefficient (Wildman–Crippen LogP) is 3.41. The van der Waals surface area contributed by atoms with Gasteiger partial charge in [-0.2, -0.15) is 0 Å². The molecule has 8 nitrogen and oxygen atoms in total. The molecule has 0 saturated carbocycles. The lowest BCUT2D eigenvalue weighted by Gasteiger charge is -2.11. The summed E-state index contributed by atoms with van der Waals surface area (Å²) in [4.78, 5) is 17.2. The Kier molecular flexibility index (Phi) is 7.55. The zero-order chi connectivity index (χ0) is 19.9. The van der Waals surface area contributed by atoms with E-state index in [1.807, 2.05) is 59.4 Å². The van der Waals surface area contributed by atoms with Gasteiger partial charge in [0.25, 0.3) is 0 Å². The molecule has 4 aromatic rings. The second-order valence-corrected chi connectivity index (χ2v) is 6.28. The smallest absolute Gasteiger partial charge is 0.226 e. The van der Waals surface area contributed by atoms with Crippen LogP contribution in [0.4, 0.5) is 0 Å². The first-order chi connectivity index (χ1) is 14.3. The Labute approximate surface area is 191 Å². The number of aromatic nitrogens is 4. The van der Waals surface area contributed by atoms with Crippen LogP contribution in [0.25, 0.3) is 17.3 Å². The zero-order valence-corrected chi connectivity index (χ0v) is 18.7. The summed E-state index contributed by atoms with van der Waals surface area (Å²) in [6.07, 6.45) is 8.80. The van der Waals surface area contributed by atoms with Crippen molar-refractivity contribution in [3.8, 4) is 17.3 Å². The molecule has 0 fully saturated rings. The van der Waals surface area contributed by atoms with Crippen molar-refractivity contribution in [1.82, 2.24) is 30.2 Å². The van der Waals surface area contributed by atoms with E-state index in [2.05, 4.69) is 30.6 Å². The van der Waals surface area contributed by atoms with Crippen LogP contribution in [-0.2, 0) is 13.1 Å². The normalized spacial score (nSPS) is 11.0. The molecule has 4 rings (SSSR count). The van der Waals surface area contributed by atoms with E-state index in [1.165, 1.54) is 0 Å². The third-order valence-corrected chi connectivity index (χ3v) is 4.27. The van der Waals surface area contributed by atoms with Crippen LogP contribution in [0.1, 0.15) is 11.3 Å². The number of pyridine rings is 1. The quantitative estimate of drug-likeness (QED) is 0.232. The first-order valence-corrected chi connectivity index (χ1v) is 9.19. The van der Waals surface area contributed by atoms with Crippen molar-refractivity contribution in [2.24, 2.45) is 4.99 Å². The molecular formula is C21H22IN7O. The summed E-state index contributed by atoms with van der Waals surface area (Å²) in [7, 11) is 1.73. The van der Waals surface area contributed by atoms with E-state index in [0.29, 0.717) is 24.9 Å². The monoisotopic (exact) mass is 515 g/mol. The molecule has 3 heterocycles. The maximum Gasteiger partial charge on any atom is 0.226 e. The third-order valence-electron chi connectivity index (χ3n) is 4.27. The Bertz CT molecular complexity index is 1060. The standard InChI is InChI=1S/C21H21N7O.HI/c1-22-21(25-12-16-7-8-19(24-11-16)28-10-9-23-15-28)26-13-18-14-29-20(27-18)17-5-3-2-4-6-17;/h2-11,14-15H,12-13H2,1H3,(H2,22,25,26);1H. The van der Waals surface area contributed by atoms with Gasteiger partial charge >= 0.3 is 0 Å². The summed E-state index contributed by atoms with van der Waals surface area (Å²) < 4.78 is 7.42. The van der Waals surface area contributed by atoms with Crippen LogP contribution in [0.5, 0.6) is 0 Å². The van der Waals surface area contributed by atoms with E-state index in [1.54, 1.807) is 25.8 Å².